The van der Waals surface area contributed by atoms with Gasteiger partial charge in [0, 0.05) is 33.5 Å². The van der Waals surface area contributed by atoms with Crippen LogP contribution in [0.5, 0.6) is 0 Å². The zero-order valence-corrected chi connectivity index (χ0v) is 17.2. The van der Waals surface area contributed by atoms with Crippen molar-refractivity contribution >= 4 is 46.4 Å². The molecule has 150 valence electrons. The van der Waals surface area contributed by atoms with Gasteiger partial charge in [-0.25, -0.2) is 0 Å². The molecular formula is C22H16Cl2N4O2. The first-order valence-electron chi connectivity index (χ1n) is 9.27. The van der Waals surface area contributed by atoms with Crippen LogP contribution in [0.25, 0.3) is 0 Å². The van der Waals surface area contributed by atoms with Crippen molar-refractivity contribution in [3.05, 3.63) is 81.1 Å². The summed E-state index contributed by atoms with van der Waals surface area (Å²) in [7, 11) is 0. The van der Waals surface area contributed by atoms with Gasteiger partial charge in [-0.15, -0.1) is 0 Å². The molecular weight excluding hydrogens is 423 g/mol. The number of halogens is 2. The van der Waals surface area contributed by atoms with Crippen LogP contribution in [0.3, 0.4) is 0 Å². The Labute approximate surface area is 183 Å². The molecule has 2 amide bonds. The van der Waals surface area contributed by atoms with Crippen LogP contribution in [0, 0.1) is 11.3 Å². The molecule has 8 heteroatoms. The third-order valence-electron chi connectivity index (χ3n) is 4.89. The molecule has 0 atom stereocenters. The summed E-state index contributed by atoms with van der Waals surface area (Å²) < 4.78 is 1.79. The minimum absolute atomic E-state index is 0.215. The van der Waals surface area contributed by atoms with Crippen molar-refractivity contribution in [2.75, 3.05) is 10.6 Å². The van der Waals surface area contributed by atoms with Gasteiger partial charge in [0.15, 0.2) is 0 Å². The van der Waals surface area contributed by atoms with E-state index in [1.165, 1.54) is 0 Å². The van der Waals surface area contributed by atoms with E-state index in [4.69, 9.17) is 23.2 Å². The fourth-order valence-electron chi connectivity index (χ4n) is 3.65. The number of nitriles is 1. The number of benzene rings is 2. The lowest BCUT2D eigenvalue weighted by Gasteiger charge is -2.12. The summed E-state index contributed by atoms with van der Waals surface area (Å²) in [6.07, 6.45) is 1.48. The second-order valence-electron chi connectivity index (χ2n) is 6.84. The molecule has 0 fully saturated rings. The highest BCUT2D eigenvalue weighted by molar-refractivity contribution is 6.35. The average molecular weight is 439 g/mol. The number of carbonyl (C=O) groups excluding carboxylic acids is 2. The van der Waals surface area contributed by atoms with Crippen LogP contribution < -0.4 is 10.6 Å². The van der Waals surface area contributed by atoms with E-state index < -0.39 is 11.8 Å². The van der Waals surface area contributed by atoms with Crippen molar-refractivity contribution in [2.45, 2.75) is 19.4 Å². The molecule has 3 aromatic rings. The zero-order chi connectivity index (χ0) is 21.3. The van der Waals surface area contributed by atoms with Gasteiger partial charge in [-0.1, -0.05) is 41.4 Å². The molecule has 6 nitrogen and oxygen atoms in total. The Balaban J connectivity index is 1.74. The van der Waals surface area contributed by atoms with Crippen LogP contribution in [-0.2, 0) is 13.0 Å². The Morgan fingerprint density at radius 3 is 2.37 bits per heavy atom. The summed E-state index contributed by atoms with van der Waals surface area (Å²) in [5.74, 6) is -0.849. The Hall–Kier alpha value is -3.27. The van der Waals surface area contributed by atoms with Gasteiger partial charge in [-0.3, -0.25) is 9.59 Å². The highest BCUT2D eigenvalue weighted by Gasteiger charge is 2.31. The summed E-state index contributed by atoms with van der Waals surface area (Å²) in [5, 5.41) is 16.0. The van der Waals surface area contributed by atoms with Crippen LogP contribution in [0.1, 0.15) is 38.5 Å². The molecule has 1 aromatic heterocycles. The number of amides is 2. The van der Waals surface area contributed by atoms with Crippen molar-refractivity contribution in [3.8, 4) is 6.07 Å². The van der Waals surface area contributed by atoms with Crippen LogP contribution in [-0.4, -0.2) is 16.4 Å². The van der Waals surface area contributed by atoms with Gasteiger partial charge in [-0.2, -0.15) is 5.26 Å². The first-order chi connectivity index (χ1) is 14.5. The second kappa shape index (κ2) is 8.23. The standard InChI is InChI=1S/C22H16Cl2N4O2/c23-14-9-15(24)11-16(10-14)26-22(30)20-19(17(12-25)18-7-4-8-28(18)20)27-21(29)13-5-2-1-3-6-13/h1-3,5-6,9-11H,4,7-8H2,(H,26,30)(H,27,29). The van der Waals surface area contributed by atoms with Crippen LogP contribution in [0.2, 0.25) is 10.0 Å². The quantitative estimate of drug-likeness (QED) is 0.592. The highest BCUT2D eigenvalue weighted by Crippen LogP contribution is 2.34. The molecule has 0 aliphatic carbocycles. The SMILES string of the molecule is N#Cc1c(NC(=O)c2ccccc2)c(C(=O)Nc2cc(Cl)cc(Cl)c2)n2c1CCC2. The zero-order valence-electron chi connectivity index (χ0n) is 15.7. The van der Waals surface area contributed by atoms with Crippen LogP contribution in [0.15, 0.2) is 48.5 Å². The minimum Gasteiger partial charge on any atom is -0.337 e. The largest absolute Gasteiger partial charge is 0.337 e. The van der Waals surface area contributed by atoms with Gasteiger partial charge >= 0.3 is 0 Å². The number of anilines is 2. The molecule has 0 unspecified atom stereocenters. The maximum Gasteiger partial charge on any atom is 0.274 e. The molecule has 4 rings (SSSR count). The van der Waals surface area contributed by atoms with Gasteiger partial charge in [0.05, 0.1) is 11.3 Å². The Kier molecular flexibility index (Phi) is 5.49. The number of hydrogen-bond donors (Lipinski definition) is 2. The molecule has 0 saturated heterocycles. The summed E-state index contributed by atoms with van der Waals surface area (Å²) >= 11 is 12.1. The summed E-state index contributed by atoms with van der Waals surface area (Å²) in [6.45, 7) is 0.588. The van der Waals surface area contributed by atoms with Gasteiger partial charge in [0.1, 0.15) is 11.8 Å². The van der Waals surface area contributed by atoms with E-state index in [0.717, 1.165) is 12.1 Å². The Morgan fingerprint density at radius 2 is 1.70 bits per heavy atom. The molecule has 2 aromatic carbocycles. The molecule has 2 N–H and O–H groups in total. The van der Waals surface area contributed by atoms with Crippen molar-refractivity contribution < 1.29 is 9.59 Å². The fraction of sp³-hybridized carbons (Fsp3) is 0.136. The topological polar surface area (TPSA) is 86.9 Å². The summed E-state index contributed by atoms with van der Waals surface area (Å²) in [6, 6.07) is 15.5. The fourth-order valence-corrected chi connectivity index (χ4v) is 4.17. The van der Waals surface area contributed by atoms with Gasteiger partial charge in [0.2, 0.25) is 0 Å². The van der Waals surface area contributed by atoms with E-state index in [0.29, 0.717) is 39.8 Å². The number of fused-ring (bicyclic) bond motifs is 1. The molecule has 0 saturated carbocycles. The van der Waals surface area contributed by atoms with Crippen LogP contribution >= 0.6 is 23.2 Å². The number of carbonyl (C=O) groups is 2. The monoisotopic (exact) mass is 438 g/mol. The number of rotatable bonds is 4. The Morgan fingerprint density at radius 1 is 1.00 bits per heavy atom. The molecule has 1 aliphatic heterocycles. The van der Waals surface area contributed by atoms with Crippen molar-refractivity contribution in [2.24, 2.45) is 0 Å². The third kappa shape index (κ3) is 3.78. The molecule has 1 aliphatic rings. The Bertz CT molecular complexity index is 1180. The predicted molar refractivity (Wildman–Crippen MR) is 116 cm³/mol. The summed E-state index contributed by atoms with van der Waals surface area (Å²) in [5.41, 5.74) is 2.36. The lowest BCUT2D eigenvalue weighted by Crippen LogP contribution is -2.21. The molecule has 0 bridgehead atoms. The number of hydrogen-bond acceptors (Lipinski definition) is 3. The third-order valence-corrected chi connectivity index (χ3v) is 5.32. The number of nitrogens with zero attached hydrogens (tertiary/aromatic N) is 2. The van der Waals surface area contributed by atoms with Crippen LogP contribution in [0.4, 0.5) is 11.4 Å². The van der Waals surface area contributed by atoms with Crippen molar-refractivity contribution in [3.63, 3.8) is 0 Å². The number of aromatic nitrogens is 1. The first kappa shape index (κ1) is 20.0. The van der Waals surface area contributed by atoms with E-state index >= 15 is 0 Å². The van der Waals surface area contributed by atoms with Gasteiger partial charge in [0.25, 0.3) is 11.8 Å². The number of nitrogens with one attached hydrogen (secondary N) is 2. The highest BCUT2D eigenvalue weighted by atomic mass is 35.5. The maximum absolute atomic E-state index is 13.2. The van der Waals surface area contributed by atoms with Gasteiger partial charge in [-0.05, 0) is 43.2 Å². The lowest BCUT2D eigenvalue weighted by molar-refractivity contribution is 0.101. The lowest BCUT2D eigenvalue weighted by atomic mass is 10.1. The van der Waals surface area contributed by atoms with Crippen molar-refractivity contribution in [1.82, 2.24) is 4.57 Å². The summed E-state index contributed by atoms with van der Waals surface area (Å²) in [4.78, 5) is 25.9. The predicted octanol–water partition coefficient (Wildman–Crippen LogP) is 5.12. The van der Waals surface area contributed by atoms with Gasteiger partial charge < -0.3 is 15.2 Å². The normalized spacial score (nSPS) is 12.2. The van der Waals surface area contributed by atoms with E-state index in [-0.39, 0.29) is 11.4 Å². The first-order valence-corrected chi connectivity index (χ1v) is 10.0. The minimum atomic E-state index is -0.457. The van der Waals surface area contributed by atoms with E-state index in [2.05, 4.69) is 16.7 Å². The van der Waals surface area contributed by atoms with E-state index in [9.17, 15) is 14.9 Å². The maximum atomic E-state index is 13.2. The smallest absolute Gasteiger partial charge is 0.274 e. The molecule has 0 spiro atoms. The van der Waals surface area contributed by atoms with Crippen molar-refractivity contribution in [1.29, 1.82) is 5.26 Å². The van der Waals surface area contributed by atoms with E-state index in [1.54, 1.807) is 53.1 Å². The molecule has 30 heavy (non-hydrogen) atoms. The second-order valence-corrected chi connectivity index (χ2v) is 7.72. The molecule has 2 heterocycles. The average Bonchev–Trinajstić information content (AvgIpc) is 3.27. The molecule has 0 radical (unpaired) electrons. The van der Waals surface area contributed by atoms with E-state index in [1.807, 2.05) is 0 Å².